The molecule has 0 bridgehead atoms. The van der Waals surface area contributed by atoms with E-state index < -0.39 is 10.4 Å². The van der Waals surface area contributed by atoms with Crippen LogP contribution in [-0.4, -0.2) is 17.5 Å². The first kappa shape index (κ1) is 15.3. The summed E-state index contributed by atoms with van der Waals surface area (Å²) in [5.74, 6) is 0.904. The molecular weight excluding hydrogens is 192 g/mol. The van der Waals surface area contributed by atoms with Crippen LogP contribution in [-0.2, 0) is 10.4 Å². The summed E-state index contributed by atoms with van der Waals surface area (Å²) in [6, 6.07) is 0. The van der Waals surface area contributed by atoms with Crippen LogP contribution in [0.2, 0.25) is 0 Å². The smallest absolute Gasteiger partial charge is 0.264 e. The molecule has 0 saturated carbocycles. The minimum atomic E-state index is -4.67. The van der Waals surface area contributed by atoms with E-state index in [-0.39, 0.29) is 0 Å². The van der Waals surface area contributed by atoms with E-state index in [0.717, 1.165) is 5.92 Å². The fraction of sp³-hybridized carbons (Fsp3) is 1.00. The van der Waals surface area contributed by atoms with Gasteiger partial charge in [0.25, 0.3) is 0 Å². The highest BCUT2D eigenvalue weighted by Gasteiger charge is 1.90. The molecule has 0 amide bonds. The SMILES string of the molecule is CCCCCC(C)C.O=S(=O)(O)O. The van der Waals surface area contributed by atoms with E-state index >= 15 is 0 Å². The Kier molecular flexibility index (Phi) is 10.00. The second-order valence-corrected chi connectivity index (χ2v) is 4.23. The Balaban J connectivity index is 0. The zero-order valence-electron chi connectivity index (χ0n) is 8.52. The van der Waals surface area contributed by atoms with Crippen LogP contribution in [0.25, 0.3) is 0 Å². The fourth-order valence-electron chi connectivity index (χ4n) is 0.803. The molecule has 0 rings (SSSR count). The maximum absolute atomic E-state index is 8.74. The van der Waals surface area contributed by atoms with Crippen molar-refractivity contribution >= 4 is 10.4 Å². The van der Waals surface area contributed by atoms with Crippen LogP contribution in [0.1, 0.15) is 46.5 Å². The van der Waals surface area contributed by atoms with Crippen molar-refractivity contribution in [3.63, 3.8) is 0 Å². The van der Waals surface area contributed by atoms with E-state index in [2.05, 4.69) is 20.8 Å². The molecule has 82 valence electrons. The van der Waals surface area contributed by atoms with Crippen molar-refractivity contribution in [3.05, 3.63) is 0 Å². The zero-order valence-corrected chi connectivity index (χ0v) is 9.34. The molecule has 5 heteroatoms. The quantitative estimate of drug-likeness (QED) is 0.554. The third-order valence-electron chi connectivity index (χ3n) is 1.39. The van der Waals surface area contributed by atoms with Gasteiger partial charge in [0.1, 0.15) is 0 Å². The molecule has 0 aromatic rings. The molecule has 0 radical (unpaired) electrons. The van der Waals surface area contributed by atoms with Crippen LogP contribution in [0.4, 0.5) is 0 Å². The van der Waals surface area contributed by atoms with Gasteiger partial charge >= 0.3 is 10.4 Å². The van der Waals surface area contributed by atoms with Crippen molar-refractivity contribution in [1.82, 2.24) is 0 Å². The van der Waals surface area contributed by atoms with Gasteiger partial charge in [0.2, 0.25) is 0 Å². The highest BCUT2D eigenvalue weighted by atomic mass is 32.3. The predicted octanol–water partition coefficient (Wildman–Crippen LogP) is 2.57. The van der Waals surface area contributed by atoms with E-state index in [1.165, 1.54) is 25.7 Å². The van der Waals surface area contributed by atoms with Gasteiger partial charge in [0.05, 0.1) is 0 Å². The van der Waals surface area contributed by atoms with E-state index in [1.54, 1.807) is 0 Å². The Morgan fingerprint density at radius 2 is 1.54 bits per heavy atom. The van der Waals surface area contributed by atoms with Crippen LogP contribution in [0, 0.1) is 5.92 Å². The summed E-state index contributed by atoms with van der Waals surface area (Å²) in [5, 5.41) is 0. The molecule has 0 spiro atoms. The van der Waals surface area contributed by atoms with Crippen molar-refractivity contribution in [2.75, 3.05) is 0 Å². The van der Waals surface area contributed by atoms with E-state index in [1.807, 2.05) is 0 Å². The molecule has 0 atom stereocenters. The summed E-state index contributed by atoms with van der Waals surface area (Å²) in [4.78, 5) is 0. The minimum absolute atomic E-state index is 0.904. The normalized spacial score (nSPS) is 10.9. The van der Waals surface area contributed by atoms with Gasteiger partial charge in [0, 0.05) is 0 Å². The lowest BCUT2D eigenvalue weighted by molar-refractivity contribution is 0.381. The Morgan fingerprint density at radius 1 is 1.15 bits per heavy atom. The molecule has 0 aromatic carbocycles. The van der Waals surface area contributed by atoms with Gasteiger partial charge in [0.15, 0.2) is 0 Å². The topological polar surface area (TPSA) is 74.6 Å². The lowest BCUT2D eigenvalue weighted by Crippen LogP contribution is -1.89. The van der Waals surface area contributed by atoms with Crippen molar-refractivity contribution < 1.29 is 17.5 Å². The van der Waals surface area contributed by atoms with Gasteiger partial charge in [-0.3, -0.25) is 9.11 Å². The molecule has 13 heavy (non-hydrogen) atoms. The molecule has 0 fully saturated rings. The molecule has 0 aliphatic rings. The van der Waals surface area contributed by atoms with Gasteiger partial charge in [-0.25, -0.2) is 0 Å². The summed E-state index contributed by atoms with van der Waals surface area (Å²) < 4.78 is 31.6. The highest BCUT2D eigenvalue weighted by Crippen LogP contribution is 2.06. The largest absolute Gasteiger partial charge is 0.394 e. The Hall–Kier alpha value is -0.130. The second kappa shape index (κ2) is 8.47. The maximum atomic E-state index is 8.74. The second-order valence-electron chi connectivity index (χ2n) is 3.34. The highest BCUT2D eigenvalue weighted by molar-refractivity contribution is 7.79. The third-order valence-corrected chi connectivity index (χ3v) is 1.39. The Bertz CT molecular complexity index is 176. The van der Waals surface area contributed by atoms with Gasteiger partial charge in [-0.2, -0.15) is 8.42 Å². The van der Waals surface area contributed by atoms with Crippen molar-refractivity contribution in [1.29, 1.82) is 0 Å². The summed E-state index contributed by atoms with van der Waals surface area (Å²) in [5.41, 5.74) is 0. The Morgan fingerprint density at radius 3 is 1.77 bits per heavy atom. The van der Waals surface area contributed by atoms with Crippen LogP contribution >= 0.6 is 0 Å². The monoisotopic (exact) mass is 212 g/mol. The maximum Gasteiger partial charge on any atom is 0.394 e. The summed E-state index contributed by atoms with van der Waals surface area (Å²) >= 11 is 0. The van der Waals surface area contributed by atoms with Gasteiger partial charge in [-0.05, 0) is 5.92 Å². The first-order valence-corrected chi connectivity index (χ1v) is 5.87. The molecular formula is C8H20O4S. The lowest BCUT2D eigenvalue weighted by atomic mass is 10.1. The molecule has 2 N–H and O–H groups in total. The van der Waals surface area contributed by atoms with Crippen molar-refractivity contribution in [3.8, 4) is 0 Å². The number of unbranched alkanes of at least 4 members (excludes halogenated alkanes) is 2. The molecule has 0 unspecified atom stereocenters. The van der Waals surface area contributed by atoms with Crippen LogP contribution in [0.5, 0.6) is 0 Å². The van der Waals surface area contributed by atoms with Gasteiger partial charge in [-0.15, -0.1) is 0 Å². The number of rotatable bonds is 4. The summed E-state index contributed by atoms with van der Waals surface area (Å²) in [6.07, 6.45) is 5.60. The Labute approximate surface area is 80.9 Å². The van der Waals surface area contributed by atoms with Crippen molar-refractivity contribution in [2.45, 2.75) is 46.5 Å². The average Bonchev–Trinajstić information content (AvgIpc) is 1.83. The van der Waals surface area contributed by atoms with Crippen LogP contribution < -0.4 is 0 Å². The minimum Gasteiger partial charge on any atom is -0.264 e. The molecule has 4 nitrogen and oxygen atoms in total. The molecule has 0 aliphatic carbocycles. The van der Waals surface area contributed by atoms with Crippen molar-refractivity contribution in [2.24, 2.45) is 5.92 Å². The standard InChI is InChI=1S/C8H18.H2O4S/c1-4-5-6-7-8(2)3;1-5(2,3)4/h8H,4-7H2,1-3H3;(H2,1,2,3,4). The van der Waals surface area contributed by atoms with E-state index in [4.69, 9.17) is 17.5 Å². The van der Waals surface area contributed by atoms with E-state index in [9.17, 15) is 0 Å². The van der Waals surface area contributed by atoms with Gasteiger partial charge in [-0.1, -0.05) is 46.5 Å². The first-order chi connectivity index (χ1) is 5.77. The van der Waals surface area contributed by atoms with Crippen LogP contribution in [0.15, 0.2) is 0 Å². The molecule has 0 heterocycles. The third kappa shape index (κ3) is 48.8. The van der Waals surface area contributed by atoms with E-state index in [0.29, 0.717) is 0 Å². The van der Waals surface area contributed by atoms with Crippen LogP contribution in [0.3, 0.4) is 0 Å². The average molecular weight is 212 g/mol. The fourth-order valence-corrected chi connectivity index (χ4v) is 0.803. The molecule has 0 aliphatic heterocycles. The molecule has 0 saturated heterocycles. The predicted molar refractivity (Wildman–Crippen MR) is 53.2 cm³/mol. The zero-order chi connectivity index (χ0) is 10.9. The first-order valence-electron chi connectivity index (χ1n) is 4.47. The molecule has 0 aromatic heterocycles. The van der Waals surface area contributed by atoms with Gasteiger partial charge < -0.3 is 0 Å². The lowest BCUT2D eigenvalue weighted by Gasteiger charge is -2.00. The summed E-state index contributed by atoms with van der Waals surface area (Å²) in [7, 11) is -4.67. The summed E-state index contributed by atoms with van der Waals surface area (Å²) in [6.45, 7) is 6.83. The number of hydrogen-bond donors (Lipinski definition) is 2. The number of hydrogen-bond acceptors (Lipinski definition) is 2.